The van der Waals surface area contributed by atoms with E-state index in [-0.39, 0.29) is 11.8 Å². The van der Waals surface area contributed by atoms with Crippen molar-refractivity contribution in [2.24, 2.45) is 16.1 Å². The summed E-state index contributed by atoms with van der Waals surface area (Å²) in [6.07, 6.45) is 1.06. The van der Waals surface area contributed by atoms with Crippen LogP contribution in [0.25, 0.3) is 11.1 Å². The van der Waals surface area contributed by atoms with Crippen molar-refractivity contribution >= 4 is 11.9 Å². The zero-order chi connectivity index (χ0) is 21.0. The summed E-state index contributed by atoms with van der Waals surface area (Å²) in [6.45, 7) is 2.50. The van der Waals surface area contributed by atoms with Crippen LogP contribution in [0.5, 0.6) is 0 Å². The van der Waals surface area contributed by atoms with Gasteiger partial charge in [0.05, 0.1) is 0 Å². The van der Waals surface area contributed by atoms with E-state index >= 15 is 0 Å². The van der Waals surface area contributed by atoms with Crippen LogP contribution < -0.4 is 5.73 Å². The number of benzene rings is 1. The van der Waals surface area contributed by atoms with Crippen LogP contribution in [0.2, 0.25) is 0 Å². The Morgan fingerprint density at radius 1 is 1.17 bits per heavy atom. The Labute approximate surface area is 165 Å². The van der Waals surface area contributed by atoms with Crippen molar-refractivity contribution in [3.63, 3.8) is 0 Å². The number of aliphatic imine (C=N–C) groups is 1. The third-order valence-electron chi connectivity index (χ3n) is 5.37. The summed E-state index contributed by atoms with van der Waals surface area (Å²) >= 11 is 0. The molecule has 9 heteroatoms. The molecule has 1 aliphatic heterocycles. The zero-order valence-corrected chi connectivity index (χ0v) is 16.0. The van der Waals surface area contributed by atoms with Gasteiger partial charge in [0.15, 0.2) is 11.5 Å². The first-order valence-electron chi connectivity index (χ1n) is 9.14. The Morgan fingerprint density at radius 2 is 1.86 bits per heavy atom. The minimum atomic E-state index is -4.57. The standard InChI is InChI=1S/C20H20F3N5O/c1-18(2)6-13-4-3-12(14-7-25-11-26-8-14)5-15(13)19(9-18)16(29)28(17(24)27-19)10-20(21,22)23/h3-5,7-8,11H,6,9-10H2,1-2H3,(H2,24,27). The lowest BCUT2D eigenvalue weighted by Gasteiger charge is -2.41. The highest BCUT2D eigenvalue weighted by molar-refractivity contribution is 6.07. The fraction of sp³-hybridized carbons (Fsp3) is 0.400. The van der Waals surface area contributed by atoms with Gasteiger partial charge in [-0.2, -0.15) is 13.2 Å². The van der Waals surface area contributed by atoms with Gasteiger partial charge < -0.3 is 5.73 Å². The van der Waals surface area contributed by atoms with Crippen LogP contribution in [0.1, 0.15) is 31.4 Å². The number of fused-ring (bicyclic) bond motifs is 2. The van der Waals surface area contributed by atoms with Crippen molar-refractivity contribution in [3.8, 4) is 11.1 Å². The normalized spacial score (nSPS) is 23.3. The lowest BCUT2D eigenvalue weighted by molar-refractivity contribution is -0.155. The molecule has 0 radical (unpaired) electrons. The molecule has 1 amide bonds. The number of carbonyl (C=O) groups is 1. The fourth-order valence-electron chi connectivity index (χ4n) is 4.36. The highest BCUT2D eigenvalue weighted by atomic mass is 19.4. The van der Waals surface area contributed by atoms with E-state index in [0.717, 1.165) is 16.7 Å². The summed E-state index contributed by atoms with van der Waals surface area (Å²) in [6, 6.07) is 5.59. The molecule has 2 aromatic rings. The second kappa shape index (κ2) is 6.27. The number of nitrogens with two attached hydrogens (primary N) is 1. The monoisotopic (exact) mass is 403 g/mol. The van der Waals surface area contributed by atoms with E-state index in [1.54, 1.807) is 18.5 Å². The number of amides is 1. The lowest BCUT2D eigenvalue weighted by Crippen LogP contribution is -2.49. The molecule has 1 unspecified atom stereocenters. The number of alkyl halides is 3. The first kappa shape index (κ1) is 19.4. The van der Waals surface area contributed by atoms with Crippen LogP contribution in [-0.4, -0.2) is 39.5 Å². The number of rotatable bonds is 2. The van der Waals surface area contributed by atoms with Crippen molar-refractivity contribution in [2.45, 2.75) is 38.4 Å². The van der Waals surface area contributed by atoms with Crippen LogP contribution in [-0.2, 0) is 16.8 Å². The van der Waals surface area contributed by atoms with Gasteiger partial charge in [0.2, 0.25) is 0 Å². The molecule has 0 saturated heterocycles. The fourth-order valence-corrected chi connectivity index (χ4v) is 4.36. The molecule has 1 spiro atoms. The molecule has 0 saturated carbocycles. The summed E-state index contributed by atoms with van der Waals surface area (Å²) in [5.74, 6) is -1.13. The third kappa shape index (κ3) is 3.34. The molecule has 2 heterocycles. The Bertz CT molecular complexity index is 1000. The second-order valence-electron chi connectivity index (χ2n) is 8.35. The summed E-state index contributed by atoms with van der Waals surface area (Å²) < 4.78 is 39.1. The topological polar surface area (TPSA) is 84.5 Å². The van der Waals surface area contributed by atoms with Crippen molar-refractivity contribution in [1.82, 2.24) is 14.9 Å². The zero-order valence-electron chi connectivity index (χ0n) is 16.0. The van der Waals surface area contributed by atoms with E-state index in [2.05, 4.69) is 15.0 Å². The molecule has 1 atom stereocenters. The highest BCUT2D eigenvalue weighted by Crippen LogP contribution is 2.50. The van der Waals surface area contributed by atoms with E-state index in [0.29, 0.717) is 16.9 Å². The average molecular weight is 403 g/mol. The quantitative estimate of drug-likeness (QED) is 0.835. The highest BCUT2D eigenvalue weighted by Gasteiger charge is 2.56. The number of nitrogens with zero attached hydrogens (tertiary/aromatic N) is 4. The SMILES string of the molecule is CC1(C)Cc2ccc(-c3cncnc3)cc2C2(C1)N=C(N)N(CC(F)(F)F)C2=O. The van der Waals surface area contributed by atoms with Crippen molar-refractivity contribution < 1.29 is 18.0 Å². The smallest absolute Gasteiger partial charge is 0.369 e. The Balaban J connectivity index is 1.86. The van der Waals surface area contributed by atoms with Gasteiger partial charge in [-0.15, -0.1) is 0 Å². The van der Waals surface area contributed by atoms with Crippen LogP contribution in [0.15, 0.2) is 41.9 Å². The van der Waals surface area contributed by atoms with Gasteiger partial charge in [-0.1, -0.05) is 26.0 Å². The average Bonchev–Trinajstić information content (AvgIpc) is 2.85. The Morgan fingerprint density at radius 3 is 2.52 bits per heavy atom. The summed E-state index contributed by atoms with van der Waals surface area (Å²) in [5.41, 5.74) is 6.99. The molecule has 1 aliphatic carbocycles. The number of carbonyl (C=O) groups excluding carboxylic acids is 1. The van der Waals surface area contributed by atoms with Gasteiger partial charge in [-0.05, 0) is 41.0 Å². The number of guanidine groups is 1. The minimum Gasteiger partial charge on any atom is -0.369 e. The Kier molecular flexibility index (Phi) is 4.18. The van der Waals surface area contributed by atoms with Crippen LogP contribution in [0.3, 0.4) is 0 Å². The molecule has 4 rings (SSSR count). The van der Waals surface area contributed by atoms with Gasteiger partial charge in [0, 0.05) is 18.0 Å². The first-order chi connectivity index (χ1) is 13.5. The molecule has 29 heavy (non-hydrogen) atoms. The molecule has 6 nitrogen and oxygen atoms in total. The van der Waals surface area contributed by atoms with E-state index in [1.165, 1.54) is 6.33 Å². The lowest BCUT2D eigenvalue weighted by atomic mass is 9.65. The van der Waals surface area contributed by atoms with Gasteiger partial charge >= 0.3 is 6.18 Å². The predicted molar refractivity (Wildman–Crippen MR) is 101 cm³/mol. The molecule has 0 bridgehead atoms. The van der Waals surface area contributed by atoms with Crippen molar-refractivity contribution in [1.29, 1.82) is 0 Å². The second-order valence-corrected chi connectivity index (χ2v) is 8.35. The summed E-state index contributed by atoms with van der Waals surface area (Å²) in [4.78, 5) is 26.2. The number of aromatic nitrogens is 2. The molecule has 2 aliphatic rings. The van der Waals surface area contributed by atoms with E-state index in [1.807, 2.05) is 26.0 Å². The first-order valence-corrected chi connectivity index (χ1v) is 9.14. The maximum atomic E-state index is 13.3. The van der Waals surface area contributed by atoms with Crippen LogP contribution in [0, 0.1) is 5.41 Å². The largest absolute Gasteiger partial charge is 0.406 e. The minimum absolute atomic E-state index is 0.273. The molecule has 0 fully saturated rings. The van der Waals surface area contributed by atoms with Crippen LogP contribution in [0.4, 0.5) is 13.2 Å². The van der Waals surface area contributed by atoms with E-state index < -0.39 is 30.1 Å². The third-order valence-corrected chi connectivity index (χ3v) is 5.37. The molecule has 2 N–H and O–H groups in total. The molecule has 1 aromatic carbocycles. The van der Waals surface area contributed by atoms with Crippen molar-refractivity contribution in [2.75, 3.05) is 6.54 Å². The maximum Gasteiger partial charge on any atom is 0.406 e. The van der Waals surface area contributed by atoms with Gasteiger partial charge in [0.1, 0.15) is 12.9 Å². The van der Waals surface area contributed by atoms with Crippen LogP contribution >= 0.6 is 0 Å². The van der Waals surface area contributed by atoms with Crippen molar-refractivity contribution in [3.05, 3.63) is 48.0 Å². The summed E-state index contributed by atoms with van der Waals surface area (Å²) in [5, 5.41) is 0. The molecule has 1 aromatic heterocycles. The maximum absolute atomic E-state index is 13.3. The number of hydrogen-bond donors (Lipinski definition) is 1. The molecular formula is C20H20F3N5O. The number of halogens is 3. The van der Waals surface area contributed by atoms with Gasteiger partial charge in [-0.3, -0.25) is 9.69 Å². The molecule has 152 valence electrons. The predicted octanol–water partition coefficient (Wildman–Crippen LogP) is 3.03. The number of hydrogen-bond acceptors (Lipinski definition) is 5. The van der Waals surface area contributed by atoms with Gasteiger partial charge in [0.25, 0.3) is 5.91 Å². The Hall–Kier alpha value is -2.97. The molecular weight excluding hydrogens is 383 g/mol. The van der Waals surface area contributed by atoms with Gasteiger partial charge in [-0.25, -0.2) is 15.0 Å². The van der Waals surface area contributed by atoms with E-state index in [9.17, 15) is 18.0 Å². The summed E-state index contributed by atoms with van der Waals surface area (Å²) in [7, 11) is 0. The van der Waals surface area contributed by atoms with E-state index in [4.69, 9.17) is 5.73 Å².